The molecule has 1 aromatic carbocycles. The molecule has 2 unspecified atom stereocenters. The number of halogens is 2. The van der Waals surface area contributed by atoms with Gasteiger partial charge in [0, 0.05) is 6.04 Å². The van der Waals surface area contributed by atoms with Gasteiger partial charge in [0.2, 0.25) is 0 Å². The first-order valence-electron chi connectivity index (χ1n) is 6.34. The predicted molar refractivity (Wildman–Crippen MR) is 70.2 cm³/mol. The number of hydrogen-bond acceptors (Lipinski definition) is 2. The second-order valence-electron chi connectivity index (χ2n) is 5.04. The van der Waals surface area contributed by atoms with Gasteiger partial charge in [-0.2, -0.15) is 0 Å². The number of rotatable bonds is 6. The lowest BCUT2D eigenvalue weighted by atomic mass is 9.95. The van der Waals surface area contributed by atoms with Gasteiger partial charge < -0.3 is 11.1 Å². The third kappa shape index (κ3) is 4.03. The zero-order chi connectivity index (χ0) is 13.7. The molecule has 1 aromatic rings. The molecule has 0 aliphatic rings. The number of benzene rings is 1. The summed E-state index contributed by atoms with van der Waals surface area (Å²) in [6.45, 7) is 7.58. The summed E-state index contributed by atoms with van der Waals surface area (Å²) in [6, 6.07) is 3.97. The lowest BCUT2D eigenvalue weighted by molar-refractivity contribution is 0.356. The molecule has 0 saturated heterocycles. The fourth-order valence-electron chi connectivity index (χ4n) is 1.82. The first-order chi connectivity index (χ1) is 8.45. The average Bonchev–Trinajstić information content (AvgIpc) is 2.32. The smallest absolute Gasteiger partial charge is 0.159 e. The molecule has 0 heterocycles. The van der Waals surface area contributed by atoms with Crippen LogP contribution in [-0.2, 0) is 0 Å². The van der Waals surface area contributed by atoms with Crippen molar-refractivity contribution in [2.75, 3.05) is 13.1 Å². The molecule has 1 rings (SSSR count). The summed E-state index contributed by atoms with van der Waals surface area (Å²) in [5.41, 5.74) is 6.44. The van der Waals surface area contributed by atoms with Crippen molar-refractivity contribution in [3.05, 3.63) is 35.4 Å². The van der Waals surface area contributed by atoms with Gasteiger partial charge in [0.1, 0.15) is 0 Å². The monoisotopic (exact) mass is 256 g/mol. The maximum absolute atomic E-state index is 13.1. The van der Waals surface area contributed by atoms with E-state index in [0.717, 1.165) is 18.2 Å². The van der Waals surface area contributed by atoms with Gasteiger partial charge in [-0.3, -0.25) is 0 Å². The van der Waals surface area contributed by atoms with Crippen molar-refractivity contribution in [3.8, 4) is 0 Å². The highest BCUT2D eigenvalue weighted by molar-refractivity contribution is 5.20. The third-order valence-electron chi connectivity index (χ3n) is 3.38. The second-order valence-corrected chi connectivity index (χ2v) is 5.04. The van der Waals surface area contributed by atoms with Crippen LogP contribution in [0.2, 0.25) is 0 Å². The van der Waals surface area contributed by atoms with Crippen LogP contribution in [0.5, 0.6) is 0 Å². The minimum absolute atomic E-state index is 0.0205. The highest BCUT2D eigenvalue weighted by Crippen LogP contribution is 2.17. The molecular weight excluding hydrogens is 234 g/mol. The van der Waals surface area contributed by atoms with E-state index in [1.807, 2.05) is 6.92 Å². The molecule has 4 heteroatoms. The van der Waals surface area contributed by atoms with E-state index < -0.39 is 11.6 Å². The minimum Gasteiger partial charge on any atom is -0.330 e. The quantitative estimate of drug-likeness (QED) is 0.821. The van der Waals surface area contributed by atoms with Crippen LogP contribution in [0.25, 0.3) is 0 Å². The predicted octanol–water partition coefficient (Wildman–Crippen LogP) is 2.85. The van der Waals surface area contributed by atoms with Crippen molar-refractivity contribution in [3.63, 3.8) is 0 Å². The van der Waals surface area contributed by atoms with Gasteiger partial charge >= 0.3 is 0 Å². The molecule has 18 heavy (non-hydrogen) atoms. The summed E-state index contributed by atoms with van der Waals surface area (Å²) in [5, 5.41) is 3.31. The Kier molecular flexibility index (Phi) is 5.69. The molecule has 0 radical (unpaired) electrons. The Morgan fingerprint density at radius 2 is 1.83 bits per heavy atom. The van der Waals surface area contributed by atoms with E-state index in [1.165, 1.54) is 6.07 Å². The Hall–Kier alpha value is -1.00. The Morgan fingerprint density at radius 1 is 1.17 bits per heavy atom. The van der Waals surface area contributed by atoms with Crippen LogP contribution in [-0.4, -0.2) is 13.1 Å². The van der Waals surface area contributed by atoms with Crippen molar-refractivity contribution >= 4 is 0 Å². The van der Waals surface area contributed by atoms with E-state index in [4.69, 9.17) is 5.73 Å². The second kappa shape index (κ2) is 6.81. The molecule has 3 N–H and O–H groups in total. The third-order valence-corrected chi connectivity index (χ3v) is 3.38. The van der Waals surface area contributed by atoms with Crippen LogP contribution in [0, 0.1) is 23.5 Å². The summed E-state index contributed by atoms with van der Waals surface area (Å²) in [4.78, 5) is 0. The fraction of sp³-hybridized carbons (Fsp3) is 0.571. The first-order valence-corrected chi connectivity index (χ1v) is 6.34. The van der Waals surface area contributed by atoms with E-state index in [1.54, 1.807) is 6.07 Å². The van der Waals surface area contributed by atoms with Gasteiger partial charge in [-0.25, -0.2) is 8.78 Å². The largest absolute Gasteiger partial charge is 0.330 e. The van der Waals surface area contributed by atoms with Crippen LogP contribution in [0.3, 0.4) is 0 Å². The van der Waals surface area contributed by atoms with Crippen molar-refractivity contribution < 1.29 is 8.78 Å². The lowest BCUT2D eigenvalue weighted by Gasteiger charge is -2.22. The molecule has 102 valence electrons. The molecule has 2 atom stereocenters. The van der Waals surface area contributed by atoms with E-state index in [2.05, 4.69) is 19.2 Å². The van der Waals surface area contributed by atoms with Crippen LogP contribution < -0.4 is 11.1 Å². The van der Waals surface area contributed by atoms with Crippen LogP contribution in [0.1, 0.15) is 32.4 Å². The van der Waals surface area contributed by atoms with E-state index >= 15 is 0 Å². The maximum Gasteiger partial charge on any atom is 0.159 e. The average molecular weight is 256 g/mol. The minimum atomic E-state index is -0.812. The lowest BCUT2D eigenvalue weighted by Crippen LogP contribution is -2.33. The van der Waals surface area contributed by atoms with E-state index in [-0.39, 0.29) is 6.04 Å². The SMILES string of the molecule is CC(NCC(CN)C(C)C)c1ccc(F)c(F)c1. The molecule has 0 spiro atoms. The highest BCUT2D eigenvalue weighted by atomic mass is 19.2. The zero-order valence-electron chi connectivity index (χ0n) is 11.2. The van der Waals surface area contributed by atoms with Gasteiger partial charge in [0.15, 0.2) is 11.6 Å². The van der Waals surface area contributed by atoms with Crippen LogP contribution in [0.15, 0.2) is 18.2 Å². The number of nitrogens with one attached hydrogen (secondary N) is 1. The number of nitrogens with two attached hydrogens (primary N) is 1. The van der Waals surface area contributed by atoms with Gasteiger partial charge in [0.05, 0.1) is 0 Å². The topological polar surface area (TPSA) is 38.0 Å². The molecule has 0 saturated carbocycles. The molecule has 0 aliphatic heterocycles. The summed E-state index contributed by atoms with van der Waals surface area (Å²) < 4.78 is 25.9. The molecule has 2 nitrogen and oxygen atoms in total. The summed E-state index contributed by atoms with van der Waals surface area (Å²) in [7, 11) is 0. The summed E-state index contributed by atoms with van der Waals surface area (Å²) in [6.07, 6.45) is 0. The van der Waals surface area contributed by atoms with Crippen LogP contribution >= 0.6 is 0 Å². The maximum atomic E-state index is 13.1. The Balaban J connectivity index is 2.59. The summed E-state index contributed by atoms with van der Waals surface area (Å²) in [5.74, 6) is -0.731. The van der Waals surface area contributed by atoms with E-state index in [0.29, 0.717) is 18.4 Å². The standard InChI is InChI=1S/C14H22F2N2/c1-9(2)12(7-17)8-18-10(3)11-4-5-13(15)14(16)6-11/h4-6,9-10,12,18H,7-8,17H2,1-3H3. The van der Waals surface area contributed by atoms with Crippen molar-refractivity contribution in [1.82, 2.24) is 5.32 Å². The Morgan fingerprint density at radius 3 is 2.33 bits per heavy atom. The van der Waals surface area contributed by atoms with Crippen molar-refractivity contribution in [1.29, 1.82) is 0 Å². The van der Waals surface area contributed by atoms with Gasteiger partial charge in [-0.05, 0) is 49.5 Å². The van der Waals surface area contributed by atoms with Gasteiger partial charge in [-0.1, -0.05) is 19.9 Å². The highest BCUT2D eigenvalue weighted by Gasteiger charge is 2.14. The van der Waals surface area contributed by atoms with Crippen molar-refractivity contribution in [2.45, 2.75) is 26.8 Å². The van der Waals surface area contributed by atoms with Crippen LogP contribution in [0.4, 0.5) is 8.78 Å². The number of hydrogen-bond donors (Lipinski definition) is 2. The molecule has 0 aliphatic carbocycles. The van der Waals surface area contributed by atoms with Gasteiger partial charge in [0.25, 0.3) is 0 Å². The Bertz CT molecular complexity index is 380. The van der Waals surface area contributed by atoms with E-state index in [9.17, 15) is 8.78 Å². The molecular formula is C14H22F2N2. The molecule has 0 aromatic heterocycles. The van der Waals surface area contributed by atoms with Crippen molar-refractivity contribution in [2.24, 2.45) is 17.6 Å². The molecule has 0 fully saturated rings. The normalized spacial score (nSPS) is 14.8. The molecule has 0 bridgehead atoms. The molecule has 0 amide bonds. The zero-order valence-corrected chi connectivity index (χ0v) is 11.2. The van der Waals surface area contributed by atoms with Gasteiger partial charge in [-0.15, -0.1) is 0 Å². The fourth-order valence-corrected chi connectivity index (χ4v) is 1.82. The first kappa shape index (κ1) is 15.1. The summed E-state index contributed by atoms with van der Waals surface area (Å²) >= 11 is 0. The Labute approximate surface area is 108 Å².